The number of hydrogen-bond acceptors (Lipinski definition) is 4. The van der Waals surface area contributed by atoms with Gasteiger partial charge in [0.15, 0.2) is 0 Å². The zero-order valence-corrected chi connectivity index (χ0v) is 12.6. The number of amides is 1. The van der Waals surface area contributed by atoms with Crippen LogP contribution in [0, 0.1) is 5.41 Å². The van der Waals surface area contributed by atoms with E-state index in [1.807, 2.05) is 13.8 Å². The van der Waals surface area contributed by atoms with Gasteiger partial charge in [0.2, 0.25) is 0 Å². The molecule has 0 bridgehead atoms. The van der Waals surface area contributed by atoms with E-state index in [2.05, 4.69) is 31.1 Å². The Morgan fingerprint density at radius 1 is 1.39 bits per heavy atom. The second-order valence-electron chi connectivity index (χ2n) is 6.41. The number of hydrogen-bond donors (Lipinski definition) is 2. The van der Waals surface area contributed by atoms with Crippen LogP contribution in [-0.4, -0.2) is 16.4 Å². The summed E-state index contributed by atoms with van der Waals surface area (Å²) in [4.78, 5) is 16.3. The number of nitrogens with zero attached hydrogens (tertiary/aromatic N) is 1. The van der Waals surface area contributed by atoms with Crippen molar-refractivity contribution in [2.75, 3.05) is 0 Å². The molecule has 3 N–H and O–H groups in total. The first kappa shape index (κ1) is 15.1. The summed E-state index contributed by atoms with van der Waals surface area (Å²) < 4.78 is 0. The number of carbonyl (C=O) groups is 1. The van der Waals surface area contributed by atoms with Gasteiger partial charge in [-0.2, -0.15) is 0 Å². The minimum absolute atomic E-state index is 0.125. The Balaban J connectivity index is 2.69. The quantitative estimate of drug-likeness (QED) is 0.882. The van der Waals surface area contributed by atoms with Crippen LogP contribution < -0.4 is 11.1 Å². The van der Waals surface area contributed by atoms with Gasteiger partial charge < -0.3 is 11.1 Å². The maximum absolute atomic E-state index is 12.1. The normalized spacial score (nSPS) is 12.6. The molecule has 1 heterocycles. The molecule has 0 fully saturated rings. The second-order valence-corrected chi connectivity index (χ2v) is 7.35. The molecule has 1 amide bonds. The Labute approximate surface area is 113 Å². The molecule has 1 rings (SSSR count). The lowest BCUT2D eigenvalue weighted by Gasteiger charge is -2.33. The van der Waals surface area contributed by atoms with Crippen LogP contribution in [-0.2, 0) is 6.54 Å². The zero-order chi connectivity index (χ0) is 14.0. The van der Waals surface area contributed by atoms with Crippen LogP contribution in [0.1, 0.15) is 56.5 Å². The van der Waals surface area contributed by atoms with Gasteiger partial charge in [0.25, 0.3) is 5.91 Å². The van der Waals surface area contributed by atoms with Gasteiger partial charge in [0.1, 0.15) is 10.7 Å². The fourth-order valence-electron chi connectivity index (χ4n) is 2.25. The first-order valence-corrected chi connectivity index (χ1v) is 6.98. The highest BCUT2D eigenvalue weighted by atomic mass is 32.1. The van der Waals surface area contributed by atoms with E-state index in [-0.39, 0.29) is 16.9 Å². The van der Waals surface area contributed by atoms with Crippen molar-refractivity contribution in [2.24, 2.45) is 11.1 Å². The lowest BCUT2D eigenvalue weighted by atomic mass is 9.82. The molecule has 0 aliphatic rings. The van der Waals surface area contributed by atoms with E-state index in [1.165, 1.54) is 11.3 Å². The predicted molar refractivity (Wildman–Crippen MR) is 75.6 cm³/mol. The van der Waals surface area contributed by atoms with E-state index in [1.54, 1.807) is 5.38 Å². The van der Waals surface area contributed by atoms with E-state index < -0.39 is 0 Å². The van der Waals surface area contributed by atoms with Gasteiger partial charge in [0.05, 0.1) is 0 Å². The van der Waals surface area contributed by atoms with E-state index >= 15 is 0 Å². The highest BCUT2D eigenvalue weighted by Crippen LogP contribution is 2.27. The van der Waals surface area contributed by atoms with Crippen molar-refractivity contribution in [3.05, 3.63) is 16.1 Å². The predicted octanol–water partition coefficient (Wildman–Crippen LogP) is 2.55. The third-order valence-electron chi connectivity index (χ3n) is 2.38. The molecule has 0 saturated carbocycles. The molecule has 0 radical (unpaired) electrons. The van der Waals surface area contributed by atoms with Crippen molar-refractivity contribution in [1.82, 2.24) is 10.3 Å². The summed E-state index contributed by atoms with van der Waals surface area (Å²) in [5.74, 6) is -0.125. The summed E-state index contributed by atoms with van der Waals surface area (Å²) in [6, 6.07) is 0. The highest BCUT2D eigenvalue weighted by molar-refractivity contribution is 7.09. The first-order valence-electron chi connectivity index (χ1n) is 6.10. The number of rotatable bonds is 4. The van der Waals surface area contributed by atoms with Crippen LogP contribution in [0.2, 0.25) is 0 Å². The molecule has 0 saturated heterocycles. The maximum atomic E-state index is 12.1. The Kier molecular flexibility index (Phi) is 4.50. The first-order chi connectivity index (χ1) is 8.13. The van der Waals surface area contributed by atoms with Crippen LogP contribution >= 0.6 is 11.3 Å². The van der Waals surface area contributed by atoms with Gasteiger partial charge in [-0.1, -0.05) is 20.8 Å². The summed E-state index contributed by atoms with van der Waals surface area (Å²) in [6.07, 6.45) is 0.902. The van der Waals surface area contributed by atoms with Crippen LogP contribution in [0.15, 0.2) is 5.38 Å². The van der Waals surface area contributed by atoms with Crippen molar-refractivity contribution in [3.63, 3.8) is 0 Å². The monoisotopic (exact) mass is 269 g/mol. The Hall–Kier alpha value is -0.940. The number of nitrogens with one attached hydrogen (secondary N) is 1. The molecule has 0 aromatic carbocycles. The molecule has 1 aromatic rings. The number of thiazole rings is 1. The van der Waals surface area contributed by atoms with E-state index in [0.717, 1.165) is 11.4 Å². The van der Waals surface area contributed by atoms with Crippen LogP contribution in [0.5, 0.6) is 0 Å². The molecular weight excluding hydrogens is 246 g/mol. The molecular formula is C13H23N3OS. The molecule has 102 valence electrons. The summed E-state index contributed by atoms with van der Waals surface area (Å²) in [5, 5.41) is 5.57. The van der Waals surface area contributed by atoms with Crippen LogP contribution in [0.4, 0.5) is 0 Å². The van der Waals surface area contributed by atoms with Crippen LogP contribution in [0.3, 0.4) is 0 Å². The molecule has 0 unspecified atom stereocenters. The number of carbonyl (C=O) groups excluding carboxylic acids is 1. The van der Waals surface area contributed by atoms with Crippen molar-refractivity contribution in [2.45, 2.75) is 53.1 Å². The molecule has 0 aliphatic heterocycles. The van der Waals surface area contributed by atoms with Crippen molar-refractivity contribution in [3.8, 4) is 0 Å². The van der Waals surface area contributed by atoms with Gasteiger partial charge in [-0.3, -0.25) is 4.79 Å². The minimum atomic E-state index is -0.248. The van der Waals surface area contributed by atoms with Gasteiger partial charge in [-0.05, 0) is 25.7 Å². The van der Waals surface area contributed by atoms with E-state index in [4.69, 9.17) is 5.73 Å². The average Bonchev–Trinajstić information content (AvgIpc) is 2.60. The number of aromatic nitrogens is 1. The third kappa shape index (κ3) is 4.74. The third-order valence-corrected chi connectivity index (χ3v) is 3.25. The van der Waals surface area contributed by atoms with Gasteiger partial charge in [-0.25, -0.2) is 4.98 Å². The topological polar surface area (TPSA) is 68.0 Å². The van der Waals surface area contributed by atoms with E-state index in [9.17, 15) is 4.79 Å². The lowest BCUT2D eigenvalue weighted by Crippen LogP contribution is -2.45. The van der Waals surface area contributed by atoms with Gasteiger partial charge in [-0.15, -0.1) is 11.3 Å². The Morgan fingerprint density at radius 3 is 2.44 bits per heavy atom. The molecule has 0 atom stereocenters. The molecule has 4 nitrogen and oxygen atoms in total. The lowest BCUT2D eigenvalue weighted by molar-refractivity contribution is 0.0887. The number of nitrogens with two attached hydrogens (primary N) is 1. The minimum Gasteiger partial charge on any atom is -0.346 e. The fourth-order valence-corrected chi connectivity index (χ4v) is 2.91. The molecule has 0 spiro atoms. The van der Waals surface area contributed by atoms with Gasteiger partial charge >= 0.3 is 0 Å². The van der Waals surface area contributed by atoms with Gasteiger partial charge in [0, 0.05) is 17.5 Å². The van der Waals surface area contributed by atoms with Crippen LogP contribution in [0.25, 0.3) is 0 Å². The Morgan fingerprint density at radius 2 is 2.00 bits per heavy atom. The summed E-state index contributed by atoms with van der Waals surface area (Å²) in [6.45, 7) is 10.9. The second kappa shape index (κ2) is 5.36. The molecule has 0 aliphatic carbocycles. The fraction of sp³-hybridized carbons (Fsp3) is 0.692. The molecule has 1 aromatic heterocycles. The Bertz CT molecular complexity index is 418. The molecule has 5 heteroatoms. The average molecular weight is 269 g/mol. The summed E-state index contributed by atoms with van der Waals surface area (Å²) in [5.41, 5.74) is 5.87. The highest BCUT2D eigenvalue weighted by Gasteiger charge is 2.27. The van der Waals surface area contributed by atoms with Crippen molar-refractivity contribution in [1.29, 1.82) is 0 Å². The maximum Gasteiger partial charge on any atom is 0.271 e. The molecule has 18 heavy (non-hydrogen) atoms. The van der Waals surface area contributed by atoms with Crippen molar-refractivity contribution < 1.29 is 4.79 Å². The standard InChI is InChI=1S/C13H23N3OS/c1-12(2,3)8-13(4,5)16-11(17)9-7-18-10(6-14)15-9/h7H,6,8,14H2,1-5H3,(H,16,17). The zero-order valence-electron chi connectivity index (χ0n) is 11.8. The SMILES string of the molecule is CC(C)(C)CC(C)(C)NC(=O)c1csc(CN)n1. The van der Waals surface area contributed by atoms with E-state index in [0.29, 0.717) is 12.2 Å². The summed E-state index contributed by atoms with van der Waals surface area (Å²) >= 11 is 1.42. The van der Waals surface area contributed by atoms with Crippen molar-refractivity contribution >= 4 is 17.2 Å². The smallest absolute Gasteiger partial charge is 0.271 e. The largest absolute Gasteiger partial charge is 0.346 e. The summed E-state index contributed by atoms with van der Waals surface area (Å²) in [7, 11) is 0.